The molecule has 376 valence electrons. The van der Waals surface area contributed by atoms with Crippen LogP contribution < -0.4 is 30.7 Å². The fourth-order valence-electron chi connectivity index (χ4n) is 7.18. The van der Waals surface area contributed by atoms with Crippen molar-refractivity contribution in [3.8, 4) is 11.5 Å². The molecule has 2 saturated heterocycles. The number of halogens is 4. The Kier molecular flexibility index (Phi) is 18.4. The van der Waals surface area contributed by atoms with E-state index in [1.165, 1.54) is 49.1 Å². The molecule has 2 atom stereocenters. The van der Waals surface area contributed by atoms with E-state index in [1.54, 1.807) is 50.3 Å². The molecular formula is C48H52Cl2F2N9O9P. The molecule has 0 spiro atoms. The number of benzene rings is 4. The maximum absolute atomic E-state index is 13.6. The van der Waals surface area contributed by atoms with E-state index in [-0.39, 0.29) is 41.4 Å². The number of carbonyl (C=O) groups excluding carboxylic acids is 2. The van der Waals surface area contributed by atoms with Gasteiger partial charge in [-0.05, 0) is 76.5 Å². The van der Waals surface area contributed by atoms with Gasteiger partial charge < -0.3 is 54.2 Å². The van der Waals surface area contributed by atoms with E-state index in [1.807, 2.05) is 19.0 Å². The number of nitrogens with zero attached hydrogens (tertiary/aromatic N) is 5. The summed E-state index contributed by atoms with van der Waals surface area (Å²) >= 11 is 11.8. The van der Waals surface area contributed by atoms with E-state index in [0.29, 0.717) is 107 Å². The fourth-order valence-corrected chi connectivity index (χ4v) is 9.02. The topological polar surface area (TPSA) is 210 Å². The summed E-state index contributed by atoms with van der Waals surface area (Å²) < 4.78 is 73.6. The van der Waals surface area contributed by atoms with Crippen molar-refractivity contribution >= 4 is 98.8 Å². The van der Waals surface area contributed by atoms with Gasteiger partial charge in [-0.15, -0.1) is 0 Å². The molecule has 4 heterocycles. The Bertz CT molecular complexity index is 2920. The van der Waals surface area contributed by atoms with E-state index in [9.17, 15) is 22.9 Å². The maximum atomic E-state index is 13.6. The second kappa shape index (κ2) is 24.8. The molecule has 2 fully saturated rings. The van der Waals surface area contributed by atoms with Crippen LogP contribution in [0.3, 0.4) is 0 Å². The summed E-state index contributed by atoms with van der Waals surface area (Å²) in [6.45, 7) is 6.35. The number of amides is 2. The largest absolute Gasteiger partial charge is 0.486 e. The monoisotopic (exact) mass is 1040 g/mol. The first kappa shape index (κ1) is 52.7. The maximum Gasteiger partial charge on any atom is 0.340 e. The predicted octanol–water partition coefficient (Wildman–Crippen LogP) is 9.93. The predicted molar refractivity (Wildman–Crippen MR) is 269 cm³/mol. The average Bonchev–Trinajstić information content (AvgIpc) is 4.05. The van der Waals surface area contributed by atoms with Crippen molar-refractivity contribution in [2.24, 2.45) is 0 Å². The van der Waals surface area contributed by atoms with Crippen molar-refractivity contribution in [3.63, 3.8) is 0 Å². The van der Waals surface area contributed by atoms with Crippen LogP contribution >= 0.6 is 30.8 Å². The van der Waals surface area contributed by atoms with Crippen molar-refractivity contribution in [2.75, 3.05) is 87.7 Å². The van der Waals surface area contributed by atoms with Gasteiger partial charge in [0.2, 0.25) is 11.8 Å². The van der Waals surface area contributed by atoms with Crippen LogP contribution in [0.1, 0.15) is 26.7 Å². The normalized spacial score (nSPS) is 15.7. The number of fused-ring (bicyclic) bond motifs is 2. The highest BCUT2D eigenvalue weighted by Gasteiger charge is 2.29. The second-order valence-electron chi connectivity index (χ2n) is 16.2. The first-order chi connectivity index (χ1) is 34.2. The Morgan fingerprint density at radius 2 is 1.24 bits per heavy atom. The minimum absolute atomic E-state index is 0.00436. The highest BCUT2D eigenvalue weighted by Crippen LogP contribution is 2.48. The van der Waals surface area contributed by atoms with E-state index in [0.717, 1.165) is 6.42 Å². The Morgan fingerprint density at radius 3 is 1.68 bits per heavy atom. The summed E-state index contributed by atoms with van der Waals surface area (Å²) in [6.07, 6.45) is 6.71. The van der Waals surface area contributed by atoms with Gasteiger partial charge >= 0.3 is 7.60 Å². The Labute approximate surface area is 418 Å². The van der Waals surface area contributed by atoms with Gasteiger partial charge in [0, 0.05) is 59.7 Å². The third-order valence-corrected chi connectivity index (χ3v) is 13.0. The molecule has 2 aliphatic heterocycles. The lowest BCUT2D eigenvalue weighted by atomic mass is 10.1. The SMILES string of the molecule is CCOP(=O)(CC(=O)Nc1cc2c(Nc3ccc(F)c(Cl)c3)ncnc2cc1OC1CCOC1)OCC.CN(C)C/C=C/C(=O)Nc1cc2c(Nc3ccc(F)c(Cl)c3)ncnc2cc1OC1CCOC1. The van der Waals surface area contributed by atoms with E-state index < -0.39 is 31.3 Å². The summed E-state index contributed by atoms with van der Waals surface area (Å²) in [5, 5.41) is 13.0. The molecular weight excluding hydrogens is 986 g/mol. The van der Waals surface area contributed by atoms with E-state index >= 15 is 0 Å². The molecule has 0 saturated carbocycles. The number of hydrogen-bond acceptors (Lipinski definition) is 16. The Balaban J connectivity index is 0.000000209. The molecule has 0 aliphatic carbocycles. The van der Waals surface area contributed by atoms with Crippen LogP contribution in [0.15, 0.2) is 85.5 Å². The quantitative estimate of drug-likeness (QED) is 0.0439. The molecule has 0 bridgehead atoms. The zero-order valence-corrected chi connectivity index (χ0v) is 41.6. The number of nitrogens with one attached hydrogen (secondary N) is 4. The molecule has 2 amide bonds. The number of hydrogen-bond donors (Lipinski definition) is 4. The van der Waals surface area contributed by atoms with Gasteiger partial charge in [-0.25, -0.2) is 28.7 Å². The van der Waals surface area contributed by atoms with Crippen LogP contribution in [-0.2, 0) is 32.7 Å². The molecule has 2 aliphatic rings. The fraction of sp³-hybridized carbons (Fsp3) is 0.333. The molecule has 2 unspecified atom stereocenters. The zero-order valence-electron chi connectivity index (χ0n) is 39.2. The molecule has 18 nitrogen and oxygen atoms in total. The van der Waals surface area contributed by atoms with Gasteiger partial charge in [-0.2, -0.15) is 0 Å². The molecule has 4 aromatic carbocycles. The summed E-state index contributed by atoms with van der Waals surface area (Å²) in [5.74, 6) is -0.182. The molecule has 23 heteroatoms. The van der Waals surface area contributed by atoms with Crippen molar-refractivity contribution < 1.29 is 50.9 Å². The third kappa shape index (κ3) is 14.7. The molecule has 71 heavy (non-hydrogen) atoms. The second-order valence-corrected chi connectivity index (χ2v) is 19.1. The van der Waals surface area contributed by atoms with Gasteiger partial charge in [0.05, 0.1) is 72.1 Å². The van der Waals surface area contributed by atoms with Crippen LogP contribution in [-0.4, -0.2) is 115 Å². The number of likely N-dealkylation sites (N-methyl/N-ethyl adjacent to an activating group) is 1. The molecule has 0 radical (unpaired) electrons. The third-order valence-electron chi connectivity index (χ3n) is 10.5. The summed E-state index contributed by atoms with van der Waals surface area (Å²) in [4.78, 5) is 44.8. The van der Waals surface area contributed by atoms with Gasteiger partial charge in [-0.1, -0.05) is 29.3 Å². The lowest BCUT2D eigenvalue weighted by molar-refractivity contribution is -0.114. The van der Waals surface area contributed by atoms with Crippen molar-refractivity contribution in [2.45, 2.75) is 38.9 Å². The smallest absolute Gasteiger partial charge is 0.340 e. The summed E-state index contributed by atoms with van der Waals surface area (Å²) in [7, 11) is 0.219. The van der Waals surface area contributed by atoms with Gasteiger partial charge in [0.1, 0.15) is 65.8 Å². The van der Waals surface area contributed by atoms with Crippen LogP contribution in [0.4, 0.5) is 43.2 Å². The minimum atomic E-state index is -3.62. The average molecular weight is 1040 g/mol. The number of aromatic nitrogens is 4. The molecule has 2 aromatic heterocycles. The molecule has 4 N–H and O–H groups in total. The first-order valence-corrected chi connectivity index (χ1v) is 25.0. The highest BCUT2D eigenvalue weighted by molar-refractivity contribution is 7.54. The standard InChI is InChI=1S/C24H25ClFN5O3.C24H27ClFN4O6P/c1-31(2)8-3-4-23(32)30-21-11-17-20(12-22(21)34-16-7-9-33-13-16)27-14-28-24(17)29-15-5-6-19(26)18(25)10-15;1-3-34-37(32,35-4-2)13-23(31)30-21-10-17-20(11-22(21)36-16-7-8-33-12-16)27-14-28-24(17)29-15-5-6-19(26)18(25)9-15/h3-6,10-12,14,16H,7-9,13H2,1-2H3,(H,30,32)(H,27,28,29);5-6,9-11,14,16H,3-4,7-8,12-13H2,1-2H3,(H,30,31)(H,27,28,29)/b4-3+;. The lowest BCUT2D eigenvalue weighted by Gasteiger charge is -2.19. The number of ether oxygens (including phenoxy) is 4. The van der Waals surface area contributed by atoms with E-state index in [2.05, 4.69) is 41.2 Å². The first-order valence-electron chi connectivity index (χ1n) is 22.5. The van der Waals surface area contributed by atoms with E-state index in [4.69, 9.17) is 51.2 Å². The lowest BCUT2D eigenvalue weighted by Crippen LogP contribution is -2.21. The van der Waals surface area contributed by atoms with Crippen LogP contribution in [0.2, 0.25) is 10.0 Å². The molecule has 6 aromatic rings. The van der Waals surface area contributed by atoms with Crippen LogP contribution in [0.5, 0.6) is 11.5 Å². The zero-order chi connectivity index (χ0) is 50.5. The van der Waals surface area contributed by atoms with Crippen LogP contribution in [0, 0.1) is 11.6 Å². The number of anilines is 6. The van der Waals surface area contributed by atoms with Gasteiger partial charge in [-0.3, -0.25) is 14.2 Å². The van der Waals surface area contributed by atoms with Gasteiger partial charge in [0.15, 0.2) is 0 Å². The van der Waals surface area contributed by atoms with Crippen molar-refractivity contribution in [3.05, 3.63) is 107 Å². The van der Waals surface area contributed by atoms with Gasteiger partial charge in [0.25, 0.3) is 0 Å². The van der Waals surface area contributed by atoms with Crippen molar-refractivity contribution in [1.82, 2.24) is 24.8 Å². The van der Waals surface area contributed by atoms with Crippen LogP contribution in [0.25, 0.3) is 21.8 Å². The Hall–Kier alpha value is -6.09. The summed E-state index contributed by atoms with van der Waals surface area (Å²) in [6, 6.07) is 15.4. The molecule has 8 rings (SSSR count). The number of rotatable bonds is 19. The minimum Gasteiger partial charge on any atom is -0.486 e. The number of carbonyl (C=O) groups is 2. The highest BCUT2D eigenvalue weighted by atomic mass is 35.5. The summed E-state index contributed by atoms with van der Waals surface area (Å²) in [5.41, 5.74) is 3.02. The Morgan fingerprint density at radius 1 is 0.746 bits per heavy atom. The van der Waals surface area contributed by atoms with Crippen molar-refractivity contribution in [1.29, 1.82) is 0 Å².